The summed E-state index contributed by atoms with van der Waals surface area (Å²) >= 11 is 4.66. The maximum absolute atomic E-state index is 11.8. The number of rotatable bonds is 5. The fraction of sp³-hybridized carbons (Fsp3) is 0.375. The number of aromatic nitrogens is 1. The molecule has 111 valence electrons. The van der Waals surface area contributed by atoms with Gasteiger partial charge < -0.3 is 0 Å². The van der Waals surface area contributed by atoms with Gasteiger partial charge in [-0.3, -0.25) is 0 Å². The Balaban J connectivity index is 1.94. The summed E-state index contributed by atoms with van der Waals surface area (Å²) in [5, 5.41) is 2.95. The van der Waals surface area contributed by atoms with Crippen LogP contribution < -0.4 is 5.32 Å². The number of hydrogen-bond donors (Lipinski definition) is 1. The van der Waals surface area contributed by atoms with Crippen molar-refractivity contribution in [2.24, 2.45) is 0 Å². The van der Waals surface area contributed by atoms with Crippen molar-refractivity contribution in [3.63, 3.8) is 0 Å². The molecule has 1 aromatic heterocycles. The van der Waals surface area contributed by atoms with Crippen LogP contribution in [-0.2, 0) is 11.3 Å². The van der Waals surface area contributed by atoms with Crippen molar-refractivity contribution >= 4 is 33.3 Å². The summed E-state index contributed by atoms with van der Waals surface area (Å²) in [5.74, 6) is 0.0705. The van der Waals surface area contributed by atoms with E-state index >= 15 is 0 Å². The van der Waals surface area contributed by atoms with E-state index in [0.29, 0.717) is 13.0 Å². The Morgan fingerprint density at radius 2 is 2.00 bits per heavy atom. The van der Waals surface area contributed by atoms with Gasteiger partial charge in [0, 0.05) is 0 Å². The van der Waals surface area contributed by atoms with Crippen LogP contribution in [0.3, 0.4) is 0 Å². The van der Waals surface area contributed by atoms with Gasteiger partial charge in [0.25, 0.3) is 0 Å². The second kappa shape index (κ2) is 6.73. The van der Waals surface area contributed by atoms with Gasteiger partial charge in [-0.15, -0.1) is 0 Å². The van der Waals surface area contributed by atoms with Crippen LogP contribution in [0.2, 0.25) is 4.31 Å². The molecular weight excluding hydrogens is 347 g/mol. The number of hydrogen-bond acceptors (Lipinski definition) is 3. The van der Waals surface area contributed by atoms with E-state index in [0.717, 1.165) is 11.3 Å². The summed E-state index contributed by atoms with van der Waals surface area (Å²) in [6.45, 7) is 6.61. The molecule has 0 unspecified atom stereocenters. The number of nitrogens with one attached hydrogen (secondary N) is 1. The predicted molar refractivity (Wildman–Crippen MR) is 88.5 cm³/mol. The molecule has 0 bridgehead atoms. The Labute approximate surface area is 138 Å². The molecule has 1 N–H and O–H groups in total. The third-order valence-electron chi connectivity index (χ3n) is 3.04. The third-order valence-corrected chi connectivity index (χ3v) is 4.32. The second-order valence-corrected chi connectivity index (χ2v) is 8.85. The van der Waals surface area contributed by atoms with Gasteiger partial charge in [0.1, 0.15) is 0 Å². The molecule has 2 aromatic rings. The van der Waals surface area contributed by atoms with E-state index in [4.69, 9.17) is 0 Å². The minimum atomic E-state index is -0.0996. The Bertz CT molecular complexity index is 614. The Kier molecular flexibility index (Phi) is 5.20. The van der Waals surface area contributed by atoms with Crippen molar-refractivity contribution in [2.75, 3.05) is 0 Å². The SMILES string of the molecule is Cc1ncsc1-c1ccc(CNC(=O)CC(C)(C)[Se])cc1. The van der Waals surface area contributed by atoms with Crippen LogP contribution in [0.1, 0.15) is 31.5 Å². The van der Waals surface area contributed by atoms with Gasteiger partial charge in [0.05, 0.1) is 0 Å². The van der Waals surface area contributed by atoms with Gasteiger partial charge in [0.15, 0.2) is 0 Å². The monoisotopic (exact) mass is 367 g/mol. The number of benzene rings is 1. The Morgan fingerprint density at radius 1 is 1.33 bits per heavy atom. The number of thiazole rings is 1. The van der Waals surface area contributed by atoms with Crippen molar-refractivity contribution < 1.29 is 4.79 Å². The van der Waals surface area contributed by atoms with Gasteiger partial charge >= 0.3 is 138 Å². The molecule has 1 aromatic carbocycles. The zero-order valence-corrected chi connectivity index (χ0v) is 15.0. The van der Waals surface area contributed by atoms with Crippen molar-refractivity contribution in [3.8, 4) is 10.4 Å². The minimum absolute atomic E-state index is 0.0705. The van der Waals surface area contributed by atoms with Crippen LogP contribution in [-0.4, -0.2) is 26.9 Å². The summed E-state index contributed by atoms with van der Waals surface area (Å²) in [6, 6.07) is 8.27. The topological polar surface area (TPSA) is 42.0 Å². The summed E-state index contributed by atoms with van der Waals surface area (Å²) in [6.07, 6.45) is 0.491. The first-order chi connectivity index (χ1) is 9.85. The first kappa shape index (κ1) is 16.2. The van der Waals surface area contributed by atoms with Gasteiger partial charge in [-0.25, -0.2) is 0 Å². The number of carbonyl (C=O) groups is 1. The first-order valence-electron chi connectivity index (χ1n) is 6.82. The third kappa shape index (κ3) is 4.95. The van der Waals surface area contributed by atoms with Crippen molar-refractivity contribution in [3.05, 3.63) is 41.0 Å². The Morgan fingerprint density at radius 3 is 2.52 bits per heavy atom. The van der Waals surface area contributed by atoms with E-state index in [2.05, 4.69) is 50.6 Å². The van der Waals surface area contributed by atoms with Crippen LogP contribution in [0, 0.1) is 6.92 Å². The molecule has 0 aliphatic heterocycles. The van der Waals surface area contributed by atoms with E-state index in [1.807, 2.05) is 26.3 Å². The van der Waals surface area contributed by atoms with Crippen LogP contribution in [0.15, 0.2) is 29.8 Å². The quantitative estimate of drug-likeness (QED) is 0.823. The van der Waals surface area contributed by atoms with E-state index in [1.165, 1.54) is 10.4 Å². The zero-order chi connectivity index (χ0) is 15.5. The summed E-state index contributed by atoms with van der Waals surface area (Å²) in [4.78, 5) is 17.3. The summed E-state index contributed by atoms with van der Waals surface area (Å²) < 4.78 is -0.0996. The molecule has 0 aliphatic rings. The molecular formula is C16H19N2OSSe. The summed E-state index contributed by atoms with van der Waals surface area (Å²) in [5.41, 5.74) is 5.20. The normalized spacial score (nSPS) is 11.4. The van der Waals surface area contributed by atoms with E-state index in [9.17, 15) is 4.79 Å². The molecule has 5 heteroatoms. The number of carbonyl (C=O) groups excluding carboxylic acids is 1. The molecule has 3 nitrogen and oxygen atoms in total. The molecule has 0 saturated carbocycles. The molecule has 1 radical (unpaired) electrons. The van der Waals surface area contributed by atoms with Crippen molar-refractivity contribution in [1.82, 2.24) is 10.3 Å². The molecule has 0 spiro atoms. The van der Waals surface area contributed by atoms with Crippen LogP contribution >= 0.6 is 11.3 Å². The number of aryl methyl sites for hydroxylation is 1. The molecule has 1 amide bonds. The van der Waals surface area contributed by atoms with Crippen molar-refractivity contribution in [2.45, 2.75) is 38.1 Å². The fourth-order valence-electron chi connectivity index (χ4n) is 2.00. The van der Waals surface area contributed by atoms with E-state index < -0.39 is 0 Å². The molecule has 0 aliphatic carbocycles. The van der Waals surface area contributed by atoms with E-state index in [-0.39, 0.29) is 10.2 Å². The van der Waals surface area contributed by atoms with Crippen LogP contribution in [0.4, 0.5) is 0 Å². The average Bonchev–Trinajstić information content (AvgIpc) is 2.81. The number of amides is 1. The molecule has 0 saturated heterocycles. The van der Waals surface area contributed by atoms with Gasteiger partial charge in [-0.2, -0.15) is 0 Å². The van der Waals surface area contributed by atoms with Crippen LogP contribution in [0.5, 0.6) is 0 Å². The maximum atomic E-state index is 11.8. The molecule has 0 fully saturated rings. The average molecular weight is 366 g/mol. The Hall–Kier alpha value is -1.16. The number of nitrogens with zero attached hydrogens (tertiary/aromatic N) is 1. The van der Waals surface area contributed by atoms with Crippen molar-refractivity contribution in [1.29, 1.82) is 0 Å². The zero-order valence-electron chi connectivity index (χ0n) is 12.5. The molecule has 21 heavy (non-hydrogen) atoms. The van der Waals surface area contributed by atoms with Gasteiger partial charge in [-0.05, 0) is 0 Å². The van der Waals surface area contributed by atoms with Crippen LogP contribution in [0.25, 0.3) is 10.4 Å². The first-order valence-corrected chi connectivity index (χ1v) is 8.55. The predicted octanol–water partition coefficient (Wildman–Crippen LogP) is 3.49. The summed E-state index contributed by atoms with van der Waals surface area (Å²) in [7, 11) is 0. The molecule has 0 atom stereocenters. The van der Waals surface area contributed by atoms with Gasteiger partial charge in [-0.1, -0.05) is 0 Å². The molecule has 1 heterocycles. The standard InChI is InChI=1S/C16H19N2OSSe/c1-11-15(20-10-18-11)13-6-4-12(5-7-13)9-17-14(19)8-16(2,3)21/h4-7,10H,8-9H2,1-3H3,(H,17,19). The fourth-order valence-corrected chi connectivity index (χ4v) is 3.09. The van der Waals surface area contributed by atoms with E-state index in [1.54, 1.807) is 11.3 Å². The second-order valence-electron chi connectivity index (χ2n) is 5.68. The van der Waals surface area contributed by atoms with Gasteiger partial charge in [0.2, 0.25) is 0 Å². The molecule has 2 rings (SSSR count).